The SMILES string of the molecule is COC(=O)c1ccc2c(C3CCCCC3)c(-c3ccc(Cl)cc3N)[nH]c2c1.COC(=O)c1ccc2c(C3CCCCC3)c(Br)[nH]c2c1. The summed E-state index contributed by atoms with van der Waals surface area (Å²) in [6, 6.07) is 17.1. The van der Waals surface area contributed by atoms with Crippen molar-refractivity contribution in [1.82, 2.24) is 9.97 Å². The number of benzene rings is 3. The van der Waals surface area contributed by atoms with Crippen molar-refractivity contribution in [3.8, 4) is 11.3 Å². The third-order valence-corrected chi connectivity index (χ3v) is 10.6. The predicted molar refractivity (Wildman–Crippen MR) is 193 cm³/mol. The van der Waals surface area contributed by atoms with Crippen LogP contribution in [0.2, 0.25) is 5.02 Å². The van der Waals surface area contributed by atoms with E-state index >= 15 is 0 Å². The minimum atomic E-state index is -0.335. The number of nitrogens with two attached hydrogens (primary N) is 1. The van der Waals surface area contributed by atoms with E-state index in [2.05, 4.69) is 25.9 Å². The van der Waals surface area contributed by atoms with Crippen LogP contribution in [0.1, 0.15) is 108 Å². The van der Waals surface area contributed by atoms with Gasteiger partial charge in [-0.2, -0.15) is 0 Å². The van der Waals surface area contributed by atoms with Crippen LogP contribution in [0.4, 0.5) is 5.69 Å². The maximum atomic E-state index is 11.9. The maximum absolute atomic E-state index is 11.9. The molecule has 5 aromatic rings. The molecule has 4 N–H and O–H groups in total. The van der Waals surface area contributed by atoms with E-state index in [1.807, 2.05) is 48.5 Å². The highest BCUT2D eigenvalue weighted by molar-refractivity contribution is 9.10. The molecule has 7 nitrogen and oxygen atoms in total. The molecule has 0 saturated heterocycles. The second-order valence-electron chi connectivity index (χ2n) is 12.7. The summed E-state index contributed by atoms with van der Waals surface area (Å²) in [4.78, 5) is 30.4. The molecule has 0 bridgehead atoms. The molecule has 2 heterocycles. The van der Waals surface area contributed by atoms with Crippen molar-refractivity contribution in [2.45, 2.75) is 76.0 Å². The average Bonchev–Trinajstić information content (AvgIpc) is 3.64. The molecule has 2 aromatic heterocycles. The van der Waals surface area contributed by atoms with Crippen LogP contribution in [0.3, 0.4) is 0 Å². The molecule has 0 aliphatic heterocycles. The van der Waals surface area contributed by atoms with Crippen LogP contribution < -0.4 is 5.73 Å². The van der Waals surface area contributed by atoms with Crippen LogP contribution in [0.15, 0.2) is 59.2 Å². The van der Waals surface area contributed by atoms with Crippen molar-refractivity contribution in [3.63, 3.8) is 0 Å². The molecule has 7 rings (SSSR count). The van der Waals surface area contributed by atoms with E-state index in [1.165, 1.54) is 94.9 Å². The lowest BCUT2D eigenvalue weighted by Crippen LogP contribution is -2.06. The van der Waals surface area contributed by atoms with Gasteiger partial charge in [0.15, 0.2) is 0 Å². The van der Waals surface area contributed by atoms with E-state index in [4.69, 9.17) is 26.8 Å². The number of aromatic amines is 2. The molecule has 0 unspecified atom stereocenters. The minimum absolute atomic E-state index is 0.295. The van der Waals surface area contributed by atoms with Crippen molar-refractivity contribution in [3.05, 3.63) is 86.5 Å². The van der Waals surface area contributed by atoms with Gasteiger partial charge in [0.1, 0.15) is 0 Å². The Balaban J connectivity index is 0.000000172. The monoisotopic (exact) mass is 717 g/mol. The third-order valence-electron chi connectivity index (χ3n) is 9.78. The highest BCUT2D eigenvalue weighted by Crippen LogP contribution is 2.44. The molecule has 2 aliphatic rings. The molecular weight excluding hydrogens is 678 g/mol. The second kappa shape index (κ2) is 14.6. The normalized spacial score (nSPS) is 15.7. The van der Waals surface area contributed by atoms with Crippen LogP contribution in [-0.4, -0.2) is 36.1 Å². The number of anilines is 1. The Kier molecular flexibility index (Phi) is 10.3. The molecular formula is C38H41BrClN3O4. The fraction of sp³-hybridized carbons (Fsp3) is 0.368. The number of hydrogen-bond donors (Lipinski definition) is 3. The summed E-state index contributed by atoms with van der Waals surface area (Å²) >= 11 is 9.75. The Labute approximate surface area is 288 Å². The Hall–Kier alpha value is -3.75. The molecule has 0 spiro atoms. The highest BCUT2D eigenvalue weighted by Gasteiger charge is 2.26. The number of esters is 2. The van der Waals surface area contributed by atoms with E-state index < -0.39 is 0 Å². The number of hydrogen-bond acceptors (Lipinski definition) is 5. The van der Waals surface area contributed by atoms with Crippen molar-refractivity contribution in [2.24, 2.45) is 0 Å². The van der Waals surface area contributed by atoms with Crippen LogP contribution in [0.25, 0.3) is 33.1 Å². The number of H-pyrrole nitrogens is 2. The summed E-state index contributed by atoms with van der Waals surface area (Å²) in [6.07, 6.45) is 12.6. The van der Waals surface area contributed by atoms with Gasteiger partial charge in [-0.25, -0.2) is 9.59 Å². The molecule has 3 aromatic carbocycles. The zero-order valence-electron chi connectivity index (χ0n) is 26.9. The van der Waals surface area contributed by atoms with Gasteiger partial charge in [0.05, 0.1) is 35.6 Å². The summed E-state index contributed by atoms with van der Waals surface area (Å²) in [7, 11) is 2.80. The number of carbonyl (C=O) groups is 2. The predicted octanol–water partition coefficient (Wildman–Crippen LogP) is 10.7. The fourth-order valence-electron chi connectivity index (χ4n) is 7.47. The Morgan fingerprint density at radius 2 is 1.23 bits per heavy atom. The third kappa shape index (κ3) is 6.95. The van der Waals surface area contributed by atoms with Gasteiger partial charge < -0.3 is 25.2 Å². The zero-order chi connectivity index (χ0) is 33.1. The molecule has 2 fully saturated rings. The number of rotatable bonds is 5. The number of nitrogens with one attached hydrogen (secondary N) is 2. The first-order valence-corrected chi connectivity index (χ1v) is 17.6. The van der Waals surface area contributed by atoms with Crippen LogP contribution in [0, 0.1) is 0 Å². The first-order valence-electron chi connectivity index (χ1n) is 16.5. The van der Waals surface area contributed by atoms with Gasteiger partial charge in [-0.3, -0.25) is 0 Å². The minimum Gasteiger partial charge on any atom is -0.465 e. The van der Waals surface area contributed by atoms with E-state index in [-0.39, 0.29) is 11.9 Å². The number of halogens is 2. The lowest BCUT2D eigenvalue weighted by atomic mass is 9.81. The van der Waals surface area contributed by atoms with Crippen molar-refractivity contribution in [2.75, 3.05) is 20.0 Å². The number of ether oxygens (including phenoxy) is 2. The maximum Gasteiger partial charge on any atom is 0.337 e. The van der Waals surface area contributed by atoms with E-state index in [0.29, 0.717) is 33.7 Å². The molecule has 0 atom stereocenters. The van der Waals surface area contributed by atoms with Gasteiger partial charge in [0.25, 0.3) is 0 Å². The van der Waals surface area contributed by atoms with Gasteiger partial charge in [-0.15, -0.1) is 0 Å². The Morgan fingerprint density at radius 1 is 0.723 bits per heavy atom. The topological polar surface area (TPSA) is 110 Å². The number of fused-ring (bicyclic) bond motifs is 2. The number of aromatic nitrogens is 2. The Morgan fingerprint density at radius 3 is 1.77 bits per heavy atom. The Bertz CT molecular complexity index is 1920. The molecule has 9 heteroatoms. The summed E-state index contributed by atoms with van der Waals surface area (Å²) in [6.45, 7) is 0. The summed E-state index contributed by atoms with van der Waals surface area (Å²) in [5.41, 5.74) is 14.7. The largest absolute Gasteiger partial charge is 0.465 e. The van der Waals surface area contributed by atoms with Gasteiger partial charge in [-0.05, 0) is 107 Å². The lowest BCUT2D eigenvalue weighted by Gasteiger charge is -2.23. The van der Waals surface area contributed by atoms with Gasteiger partial charge in [0, 0.05) is 38.1 Å². The molecule has 2 aliphatic carbocycles. The fourth-order valence-corrected chi connectivity index (χ4v) is 8.41. The first kappa shape index (κ1) is 33.2. The second-order valence-corrected chi connectivity index (χ2v) is 13.9. The molecule has 47 heavy (non-hydrogen) atoms. The van der Waals surface area contributed by atoms with Gasteiger partial charge in [0.2, 0.25) is 0 Å². The smallest absolute Gasteiger partial charge is 0.337 e. The lowest BCUT2D eigenvalue weighted by molar-refractivity contribution is 0.0592. The quantitative estimate of drug-likeness (QED) is 0.124. The first-order chi connectivity index (χ1) is 22.8. The van der Waals surface area contributed by atoms with Gasteiger partial charge in [-0.1, -0.05) is 62.3 Å². The van der Waals surface area contributed by atoms with E-state index in [9.17, 15) is 9.59 Å². The van der Waals surface area contributed by atoms with Crippen LogP contribution in [0.5, 0.6) is 0 Å². The molecule has 0 amide bonds. The van der Waals surface area contributed by atoms with Crippen LogP contribution >= 0.6 is 27.5 Å². The highest BCUT2D eigenvalue weighted by atomic mass is 79.9. The molecule has 2 saturated carbocycles. The van der Waals surface area contributed by atoms with Crippen LogP contribution in [-0.2, 0) is 9.47 Å². The summed E-state index contributed by atoms with van der Waals surface area (Å²) < 4.78 is 10.7. The van der Waals surface area contributed by atoms with Crippen molar-refractivity contribution >= 4 is 67.0 Å². The molecule has 246 valence electrons. The molecule has 0 radical (unpaired) electrons. The number of methoxy groups -OCH3 is 2. The zero-order valence-corrected chi connectivity index (χ0v) is 29.2. The van der Waals surface area contributed by atoms with E-state index in [0.717, 1.165) is 32.3 Å². The standard InChI is InChI=1S/C22H23ClN2O2.C16H18BrNO2/c1-27-22(26)14-7-9-17-19(11-14)25-21(16-10-8-15(23)12-18(16)24)20(17)13-5-3-2-4-6-13;1-20-16(19)11-7-8-12-13(9-11)18-15(17)14(12)10-5-3-2-4-6-10/h7-13,25H,2-6,24H2,1H3;7-10,18H,2-6H2,1H3. The number of carbonyl (C=O) groups excluding carboxylic acids is 2. The average molecular weight is 719 g/mol. The van der Waals surface area contributed by atoms with Gasteiger partial charge >= 0.3 is 11.9 Å². The summed E-state index contributed by atoms with van der Waals surface area (Å²) in [5.74, 6) is 0.479. The van der Waals surface area contributed by atoms with Crippen molar-refractivity contribution in [1.29, 1.82) is 0 Å². The summed E-state index contributed by atoms with van der Waals surface area (Å²) in [5, 5.41) is 3.00. The number of nitrogen functional groups attached to an aromatic ring is 1. The van der Waals surface area contributed by atoms with Crippen molar-refractivity contribution < 1.29 is 19.1 Å². The van der Waals surface area contributed by atoms with E-state index in [1.54, 1.807) is 6.07 Å².